The third kappa shape index (κ3) is 3.02. The third-order valence-corrected chi connectivity index (χ3v) is 8.11. The molecule has 0 amide bonds. The normalized spacial score (nSPS) is 26.4. The maximum absolute atomic E-state index is 14.0. The minimum absolute atomic E-state index is 0.166. The quantitative estimate of drug-likeness (QED) is 0.402. The number of nitrogens with one attached hydrogen (secondary N) is 2. The molecule has 4 aromatic heterocycles. The maximum Gasteiger partial charge on any atom is 0.308 e. The third-order valence-electron chi connectivity index (χ3n) is 8.11. The molecular formula is C25H25FN6O2. The molecule has 2 atom stereocenters. The van der Waals surface area contributed by atoms with E-state index in [9.17, 15) is 14.3 Å². The van der Waals surface area contributed by atoms with Crippen molar-refractivity contribution in [3.05, 3.63) is 42.1 Å². The molecule has 4 aromatic rings. The maximum atomic E-state index is 14.0. The fourth-order valence-corrected chi connectivity index (χ4v) is 6.32. The van der Waals surface area contributed by atoms with Crippen LogP contribution < -0.4 is 5.32 Å². The van der Waals surface area contributed by atoms with E-state index in [0.717, 1.165) is 44.0 Å². The minimum Gasteiger partial charge on any atom is -0.481 e. The van der Waals surface area contributed by atoms with Crippen LogP contribution in [0.4, 0.5) is 10.2 Å². The Kier molecular flexibility index (Phi) is 4.25. The topological polar surface area (TPSA) is 108 Å². The number of aromatic amines is 1. The van der Waals surface area contributed by atoms with Crippen molar-refractivity contribution in [2.24, 2.45) is 17.8 Å². The van der Waals surface area contributed by atoms with Crippen molar-refractivity contribution < 1.29 is 14.3 Å². The van der Waals surface area contributed by atoms with Crippen LogP contribution in [0.3, 0.4) is 0 Å². The summed E-state index contributed by atoms with van der Waals surface area (Å²) in [5.74, 6) is 0.547. The number of nitrogens with zero attached hydrogens (tertiary/aromatic N) is 4. The summed E-state index contributed by atoms with van der Waals surface area (Å²) in [5.41, 5.74) is 3.35. The second kappa shape index (κ2) is 7.25. The summed E-state index contributed by atoms with van der Waals surface area (Å²) in [6, 6.07) is 3.36. The molecule has 8 nitrogen and oxygen atoms in total. The van der Waals surface area contributed by atoms with Gasteiger partial charge in [0.1, 0.15) is 17.0 Å². The highest BCUT2D eigenvalue weighted by Crippen LogP contribution is 2.48. The van der Waals surface area contributed by atoms with Gasteiger partial charge in [0.05, 0.1) is 12.1 Å². The number of pyridine rings is 1. The molecule has 4 saturated carbocycles. The number of hydrogen-bond acceptors (Lipinski definition) is 5. The number of aliphatic carboxylic acids is 1. The van der Waals surface area contributed by atoms with Gasteiger partial charge in [-0.15, -0.1) is 5.10 Å². The van der Waals surface area contributed by atoms with Crippen LogP contribution in [-0.4, -0.2) is 41.7 Å². The number of H-pyrrole nitrogens is 1. The summed E-state index contributed by atoms with van der Waals surface area (Å²) >= 11 is 0. The van der Waals surface area contributed by atoms with E-state index >= 15 is 0 Å². The summed E-state index contributed by atoms with van der Waals surface area (Å²) in [7, 11) is 0. The number of halogens is 1. The van der Waals surface area contributed by atoms with Crippen LogP contribution in [0.25, 0.3) is 27.9 Å². The number of anilines is 1. The molecule has 4 aliphatic rings. The Bertz CT molecular complexity index is 1430. The zero-order valence-electron chi connectivity index (χ0n) is 18.5. The molecule has 0 spiro atoms. The Morgan fingerprint density at radius 1 is 1.18 bits per heavy atom. The number of carbonyl (C=O) groups is 1. The first-order valence-electron chi connectivity index (χ1n) is 12.1. The molecule has 8 rings (SSSR count). The average molecular weight is 461 g/mol. The number of carboxylic acids is 1. The van der Waals surface area contributed by atoms with Crippen molar-refractivity contribution in [1.82, 2.24) is 24.6 Å². The first kappa shape index (κ1) is 19.9. The summed E-state index contributed by atoms with van der Waals surface area (Å²) in [6.45, 7) is 0. The molecule has 2 bridgehead atoms. The molecule has 0 saturated heterocycles. The van der Waals surface area contributed by atoms with E-state index in [1.165, 1.54) is 17.8 Å². The van der Waals surface area contributed by atoms with E-state index < -0.39 is 17.7 Å². The predicted octanol–water partition coefficient (Wildman–Crippen LogP) is 4.59. The van der Waals surface area contributed by atoms with Gasteiger partial charge >= 0.3 is 5.97 Å². The smallest absolute Gasteiger partial charge is 0.308 e. The van der Waals surface area contributed by atoms with Gasteiger partial charge in [-0.25, -0.2) is 18.9 Å². The van der Waals surface area contributed by atoms with Crippen molar-refractivity contribution in [1.29, 1.82) is 0 Å². The van der Waals surface area contributed by atoms with Crippen LogP contribution in [0.15, 0.2) is 30.7 Å². The lowest BCUT2D eigenvalue weighted by Gasteiger charge is -2.47. The largest absolute Gasteiger partial charge is 0.481 e. The summed E-state index contributed by atoms with van der Waals surface area (Å²) in [6.07, 6.45) is 11.2. The lowest BCUT2D eigenvalue weighted by molar-refractivity contribution is -0.148. The molecule has 34 heavy (non-hydrogen) atoms. The average Bonchev–Trinajstić information content (AvgIpc) is 3.45. The van der Waals surface area contributed by atoms with E-state index in [4.69, 9.17) is 10.1 Å². The van der Waals surface area contributed by atoms with Crippen LogP contribution >= 0.6 is 0 Å². The van der Waals surface area contributed by atoms with E-state index in [-0.39, 0.29) is 12.0 Å². The van der Waals surface area contributed by atoms with E-state index in [2.05, 4.69) is 21.4 Å². The van der Waals surface area contributed by atoms with Crippen molar-refractivity contribution in [3.63, 3.8) is 0 Å². The van der Waals surface area contributed by atoms with Crippen molar-refractivity contribution in [2.75, 3.05) is 5.32 Å². The van der Waals surface area contributed by atoms with Gasteiger partial charge in [-0.3, -0.25) is 4.79 Å². The van der Waals surface area contributed by atoms with Gasteiger partial charge in [-0.2, -0.15) is 0 Å². The minimum atomic E-state index is -0.729. The van der Waals surface area contributed by atoms with Gasteiger partial charge in [0, 0.05) is 29.4 Å². The first-order valence-corrected chi connectivity index (χ1v) is 12.1. The van der Waals surface area contributed by atoms with Gasteiger partial charge in [0.2, 0.25) is 0 Å². The molecule has 0 aromatic carbocycles. The van der Waals surface area contributed by atoms with Gasteiger partial charge in [0.15, 0.2) is 11.6 Å². The lowest BCUT2D eigenvalue weighted by atomic mass is 9.61. The van der Waals surface area contributed by atoms with Gasteiger partial charge < -0.3 is 15.4 Å². The summed E-state index contributed by atoms with van der Waals surface area (Å²) < 4.78 is 15.8. The summed E-state index contributed by atoms with van der Waals surface area (Å²) in [5, 5.41) is 19.0. The van der Waals surface area contributed by atoms with E-state index in [1.54, 1.807) is 6.20 Å². The van der Waals surface area contributed by atoms with E-state index in [0.29, 0.717) is 40.1 Å². The van der Waals surface area contributed by atoms with Crippen molar-refractivity contribution in [3.8, 4) is 11.4 Å². The Morgan fingerprint density at radius 3 is 2.74 bits per heavy atom. The molecule has 4 heterocycles. The molecule has 0 aliphatic heterocycles. The second-order valence-electron chi connectivity index (χ2n) is 10.1. The number of rotatable bonds is 5. The van der Waals surface area contributed by atoms with Crippen LogP contribution in [-0.2, 0) is 4.79 Å². The van der Waals surface area contributed by atoms with Crippen LogP contribution in [0.1, 0.15) is 50.0 Å². The molecule has 4 fully saturated rings. The van der Waals surface area contributed by atoms with Crippen molar-refractivity contribution >= 4 is 28.3 Å². The fourth-order valence-electron chi connectivity index (χ4n) is 6.32. The second-order valence-corrected chi connectivity index (χ2v) is 10.1. The van der Waals surface area contributed by atoms with Gasteiger partial charge in [0.25, 0.3) is 0 Å². The highest BCUT2D eigenvalue weighted by atomic mass is 19.1. The predicted molar refractivity (Wildman–Crippen MR) is 124 cm³/mol. The molecule has 1 unspecified atom stereocenters. The molecule has 0 radical (unpaired) electrons. The van der Waals surface area contributed by atoms with Crippen LogP contribution in [0.5, 0.6) is 0 Å². The SMILES string of the molecule is O=C(O)[C@H]1C2CCC(CC2)C1Nc1nc(-c2c[nH]c3ncc(F)cc23)nn2ccc(C3CC3)c12. The Hall–Kier alpha value is -3.49. The first-order chi connectivity index (χ1) is 16.6. The standard InChI is InChI=1S/C25H25FN6O2/c26-15-9-17-18(11-28-22(17)27-10-15)23-30-24(21-16(12-1-2-12)7-8-32(21)31-23)29-20-14-5-3-13(4-6-14)19(20)25(33)34/h7-14,19-20H,1-6H2,(H,27,28)(H,33,34)(H,29,30,31)/t13?,14?,19-,20?/m0/s1. The van der Waals surface area contributed by atoms with Crippen LogP contribution in [0.2, 0.25) is 0 Å². The Labute approximate surface area is 194 Å². The molecular weight excluding hydrogens is 435 g/mol. The summed E-state index contributed by atoms with van der Waals surface area (Å²) in [4.78, 5) is 24.4. The zero-order valence-corrected chi connectivity index (χ0v) is 18.5. The van der Waals surface area contributed by atoms with Gasteiger partial charge in [-0.1, -0.05) is 0 Å². The molecule has 4 aliphatic carbocycles. The monoisotopic (exact) mass is 460 g/mol. The fraction of sp³-hybridized carbons (Fsp3) is 0.440. The lowest BCUT2D eigenvalue weighted by Crippen LogP contribution is -2.51. The number of hydrogen-bond donors (Lipinski definition) is 3. The van der Waals surface area contributed by atoms with Crippen molar-refractivity contribution in [2.45, 2.75) is 50.5 Å². The number of fused-ring (bicyclic) bond motifs is 5. The molecule has 9 heteroatoms. The highest BCUT2D eigenvalue weighted by molar-refractivity contribution is 5.92. The van der Waals surface area contributed by atoms with Crippen LogP contribution in [0, 0.1) is 23.6 Å². The Morgan fingerprint density at radius 2 is 1.97 bits per heavy atom. The van der Waals surface area contributed by atoms with Gasteiger partial charge in [-0.05, 0) is 74.0 Å². The van der Waals surface area contributed by atoms with E-state index in [1.807, 2.05) is 10.7 Å². The number of carboxylic acid groups (broad SMARTS) is 1. The zero-order chi connectivity index (χ0) is 23.0. The highest BCUT2D eigenvalue weighted by Gasteiger charge is 2.47. The Balaban J connectivity index is 1.38. The molecule has 3 N–H and O–H groups in total. The number of aromatic nitrogens is 5. The molecule has 174 valence electrons.